The molecule has 4 rings (SSSR count). The van der Waals surface area contributed by atoms with Crippen molar-refractivity contribution in [1.82, 2.24) is 5.43 Å². The number of hydrogen-bond donors (Lipinski definition) is 1. The summed E-state index contributed by atoms with van der Waals surface area (Å²) < 4.78 is 19.5. The second-order valence-electron chi connectivity index (χ2n) is 7.58. The molecule has 0 aliphatic heterocycles. The standard InChI is InChI=1S/C25H18Br3N3O6/c1-2-35-21-9-16(19(27)11-22(21)36-13-14-3-5-18(6-4-14)31(33)34)12-29-30-25(32)23-8-15-7-17(26)10-20(28)24(15)37-23/h3-12H,2,13H2,1H3,(H,30,32)/b29-12-. The average molecular weight is 696 g/mol. The van der Waals surface area contributed by atoms with Crippen molar-refractivity contribution in [2.24, 2.45) is 5.10 Å². The maximum absolute atomic E-state index is 12.5. The molecule has 0 radical (unpaired) electrons. The van der Waals surface area contributed by atoms with E-state index >= 15 is 0 Å². The monoisotopic (exact) mass is 693 g/mol. The van der Waals surface area contributed by atoms with Crippen molar-refractivity contribution in [3.05, 3.63) is 95.0 Å². The van der Waals surface area contributed by atoms with Gasteiger partial charge in [0.25, 0.3) is 5.69 Å². The second-order valence-corrected chi connectivity index (χ2v) is 10.2. The van der Waals surface area contributed by atoms with Crippen LogP contribution in [-0.4, -0.2) is 23.7 Å². The summed E-state index contributed by atoms with van der Waals surface area (Å²) in [5, 5.41) is 15.6. The average Bonchev–Trinajstić information content (AvgIpc) is 3.30. The van der Waals surface area contributed by atoms with Crippen LogP contribution in [0.1, 0.15) is 28.6 Å². The zero-order valence-corrected chi connectivity index (χ0v) is 23.9. The number of amides is 1. The minimum absolute atomic E-state index is 0.0125. The van der Waals surface area contributed by atoms with Gasteiger partial charge in [0, 0.05) is 32.0 Å². The predicted octanol–water partition coefficient (Wildman–Crippen LogP) is 7.37. The number of benzene rings is 3. The molecular weight excluding hydrogens is 678 g/mol. The first-order valence-electron chi connectivity index (χ1n) is 10.8. The van der Waals surface area contributed by atoms with E-state index in [0.29, 0.717) is 33.7 Å². The Morgan fingerprint density at radius 2 is 1.78 bits per heavy atom. The molecular formula is C25H18Br3N3O6. The number of non-ortho nitro benzene ring substituents is 1. The Balaban J connectivity index is 1.46. The molecule has 0 bridgehead atoms. The number of furan rings is 1. The number of nitro groups is 1. The lowest BCUT2D eigenvalue weighted by molar-refractivity contribution is -0.384. The van der Waals surface area contributed by atoms with E-state index in [9.17, 15) is 14.9 Å². The summed E-state index contributed by atoms with van der Waals surface area (Å²) in [6, 6.07) is 14.9. The van der Waals surface area contributed by atoms with Gasteiger partial charge in [0.05, 0.1) is 22.2 Å². The third kappa shape index (κ3) is 6.56. The number of nitro benzene ring substituents is 1. The van der Waals surface area contributed by atoms with Crippen molar-refractivity contribution in [2.45, 2.75) is 13.5 Å². The third-order valence-electron chi connectivity index (χ3n) is 5.03. The highest BCUT2D eigenvalue weighted by Crippen LogP contribution is 2.34. The molecule has 1 amide bonds. The van der Waals surface area contributed by atoms with Crippen molar-refractivity contribution in [1.29, 1.82) is 0 Å². The molecule has 9 nitrogen and oxygen atoms in total. The van der Waals surface area contributed by atoms with E-state index in [1.54, 1.807) is 30.3 Å². The van der Waals surface area contributed by atoms with E-state index in [0.717, 1.165) is 19.9 Å². The molecule has 0 saturated carbocycles. The highest BCUT2D eigenvalue weighted by Gasteiger charge is 2.15. The minimum Gasteiger partial charge on any atom is -0.490 e. The van der Waals surface area contributed by atoms with Crippen LogP contribution >= 0.6 is 47.8 Å². The fourth-order valence-corrected chi connectivity index (χ4v) is 5.07. The number of nitrogens with zero attached hydrogens (tertiary/aromatic N) is 2. The molecule has 1 aromatic heterocycles. The van der Waals surface area contributed by atoms with Crippen LogP contribution in [0, 0.1) is 10.1 Å². The molecule has 1 heterocycles. The Morgan fingerprint density at radius 3 is 2.49 bits per heavy atom. The normalized spacial score (nSPS) is 11.1. The van der Waals surface area contributed by atoms with Crippen LogP contribution < -0.4 is 14.9 Å². The Hall–Kier alpha value is -3.22. The van der Waals surface area contributed by atoms with Crippen LogP contribution in [0.5, 0.6) is 11.5 Å². The summed E-state index contributed by atoms with van der Waals surface area (Å²) in [7, 11) is 0. The van der Waals surface area contributed by atoms with Gasteiger partial charge >= 0.3 is 5.91 Å². The highest BCUT2D eigenvalue weighted by atomic mass is 79.9. The molecule has 12 heteroatoms. The van der Waals surface area contributed by atoms with Gasteiger partial charge in [-0.25, -0.2) is 5.43 Å². The summed E-state index contributed by atoms with van der Waals surface area (Å²) in [5.41, 5.74) is 4.44. The van der Waals surface area contributed by atoms with Gasteiger partial charge in [-0.3, -0.25) is 14.9 Å². The van der Waals surface area contributed by atoms with Gasteiger partial charge in [0.15, 0.2) is 17.3 Å². The number of ether oxygens (including phenoxy) is 2. The van der Waals surface area contributed by atoms with Crippen molar-refractivity contribution in [3.63, 3.8) is 0 Å². The summed E-state index contributed by atoms with van der Waals surface area (Å²) >= 11 is 10.3. The van der Waals surface area contributed by atoms with E-state index in [1.165, 1.54) is 18.3 Å². The molecule has 0 aliphatic carbocycles. The molecule has 0 fully saturated rings. The molecule has 4 aromatic rings. The van der Waals surface area contributed by atoms with Gasteiger partial charge in [-0.2, -0.15) is 5.10 Å². The molecule has 3 aromatic carbocycles. The predicted molar refractivity (Wildman–Crippen MR) is 149 cm³/mol. The Bertz CT molecular complexity index is 1500. The smallest absolute Gasteiger partial charge is 0.307 e. The maximum atomic E-state index is 12.5. The molecule has 0 saturated heterocycles. The van der Waals surface area contributed by atoms with E-state index in [4.69, 9.17) is 13.9 Å². The first-order chi connectivity index (χ1) is 17.7. The molecule has 37 heavy (non-hydrogen) atoms. The van der Waals surface area contributed by atoms with E-state index in [2.05, 4.69) is 58.3 Å². The number of carbonyl (C=O) groups is 1. The number of carbonyl (C=O) groups excluding carboxylic acids is 1. The zero-order chi connectivity index (χ0) is 26.5. The Labute approximate surface area is 236 Å². The molecule has 0 unspecified atom stereocenters. The van der Waals surface area contributed by atoms with Crippen LogP contribution in [0.25, 0.3) is 11.0 Å². The van der Waals surface area contributed by atoms with Crippen molar-refractivity contribution in [3.8, 4) is 11.5 Å². The maximum Gasteiger partial charge on any atom is 0.307 e. The molecule has 0 aliphatic rings. The number of nitrogens with one attached hydrogen (secondary N) is 1. The van der Waals surface area contributed by atoms with Crippen molar-refractivity contribution >= 4 is 76.6 Å². The Kier molecular flexibility index (Phi) is 8.62. The van der Waals surface area contributed by atoms with Gasteiger partial charge < -0.3 is 13.9 Å². The van der Waals surface area contributed by atoms with Crippen LogP contribution in [0.4, 0.5) is 5.69 Å². The first-order valence-corrected chi connectivity index (χ1v) is 13.2. The number of halogens is 3. The molecule has 0 spiro atoms. The van der Waals surface area contributed by atoms with Gasteiger partial charge in [-0.15, -0.1) is 0 Å². The largest absolute Gasteiger partial charge is 0.490 e. The van der Waals surface area contributed by atoms with Gasteiger partial charge in [0.2, 0.25) is 0 Å². The van der Waals surface area contributed by atoms with Crippen LogP contribution in [0.15, 0.2) is 77.5 Å². The summed E-state index contributed by atoms with van der Waals surface area (Å²) in [6.07, 6.45) is 1.47. The number of rotatable bonds is 9. The van der Waals surface area contributed by atoms with Crippen molar-refractivity contribution in [2.75, 3.05) is 6.61 Å². The fourth-order valence-electron chi connectivity index (χ4n) is 3.31. The number of hydrazone groups is 1. The van der Waals surface area contributed by atoms with E-state index < -0.39 is 10.8 Å². The molecule has 0 atom stereocenters. The third-order valence-corrected chi connectivity index (χ3v) is 6.77. The van der Waals surface area contributed by atoms with Crippen LogP contribution in [-0.2, 0) is 6.61 Å². The van der Waals surface area contributed by atoms with Crippen LogP contribution in [0.3, 0.4) is 0 Å². The fraction of sp³-hybridized carbons (Fsp3) is 0.120. The highest BCUT2D eigenvalue weighted by molar-refractivity contribution is 9.11. The summed E-state index contributed by atoms with van der Waals surface area (Å²) in [6.45, 7) is 2.44. The van der Waals surface area contributed by atoms with E-state index in [1.807, 2.05) is 19.1 Å². The zero-order valence-electron chi connectivity index (χ0n) is 19.2. The molecule has 190 valence electrons. The first kappa shape index (κ1) is 26.8. The van der Waals surface area contributed by atoms with Crippen molar-refractivity contribution < 1.29 is 23.6 Å². The lowest BCUT2D eigenvalue weighted by Crippen LogP contribution is -2.16. The summed E-state index contributed by atoms with van der Waals surface area (Å²) in [4.78, 5) is 22.9. The lowest BCUT2D eigenvalue weighted by atomic mass is 10.2. The topological polar surface area (TPSA) is 116 Å². The number of fused-ring (bicyclic) bond motifs is 1. The van der Waals surface area contributed by atoms with Crippen LogP contribution in [0.2, 0.25) is 0 Å². The SMILES string of the molecule is CCOc1cc(/C=N\NC(=O)c2cc3cc(Br)cc(Br)c3o2)c(Br)cc1OCc1ccc([N+](=O)[O-])cc1. The second kappa shape index (κ2) is 11.9. The Morgan fingerprint density at radius 1 is 1.05 bits per heavy atom. The van der Waals surface area contributed by atoms with Gasteiger partial charge in [-0.05, 0) is 86.8 Å². The minimum atomic E-state index is -0.500. The molecule has 1 N–H and O–H groups in total. The summed E-state index contributed by atoms with van der Waals surface area (Å²) in [5.74, 6) is 0.579. The lowest BCUT2D eigenvalue weighted by Gasteiger charge is -2.14. The number of hydrogen-bond acceptors (Lipinski definition) is 7. The van der Waals surface area contributed by atoms with E-state index in [-0.39, 0.29) is 18.1 Å². The van der Waals surface area contributed by atoms with Gasteiger partial charge in [0.1, 0.15) is 12.2 Å². The quantitative estimate of drug-likeness (QED) is 0.111. The van der Waals surface area contributed by atoms with Gasteiger partial charge in [-0.1, -0.05) is 15.9 Å².